The summed E-state index contributed by atoms with van der Waals surface area (Å²) in [5, 5.41) is 0. The molecule has 1 heteroatoms. The van der Waals surface area contributed by atoms with Crippen LogP contribution in [0.15, 0.2) is 72.9 Å². The Hall–Kier alpha value is -2.41. The Balaban J connectivity index is 2.04. The molecular weight excluding hydrogens is 230 g/mol. The molecule has 0 saturated heterocycles. The minimum Gasteiger partial charge on any atom is -0.255 e. The quantitative estimate of drug-likeness (QED) is 0.636. The summed E-state index contributed by atoms with van der Waals surface area (Å²) in [6, 6.07) is 22.9. The zero-order valence-corrected chi connectivity index (χ0v) is 10.9. The lowest BCUT2D eigenvalue weighted by Gasteiger charge is -2.08. The number of rotatable bonds is 2. The van der Waals surface area contributed by atoms with Crippen molar-refractivity contribution in [2.24, 2.45) is 0 Å². The Morgan fingerprint density at radius 3 is 1.84 bits per heavy atom. The van der Waals surface area contributed by atoms with Crippen LogP contribution >= 0.6 is 0 Å². The largest absolute Gasteiger partial charge is 0.255 e. The van der Waals surface area contributed by atoms with Crippen molar-refractivity contribution in [3.8, 4) is 22.4 Å². The van der Waals surface area contributed by atoms with Gasteiger partial charge in [0.1, 0.15) is 0 Å². The van der Waals surface area contributed by atoms with Gasteiger partial charge in [-0.25, -0.2) is 0 Å². The third-order valence-electron chi connectivity index (χ3n) is 3.23. The van der Waals surface area contributed by atoms with Crippen molar-refractivity contribution in [3.05, 3.63) is 78.5 Å². The highest BCUT2D eigenvalue weighted by molar-refractivity contribution is 5.69. The highest BCUT2D eigenvalue weighted by Crippen LogP contribution is 2.25. The predicted molar refractivity (Wildman–Crippen MR) is 79.8 cm³/mol. The molecule has 0 aliphatic carbocycles. The van der Waals surface area contributed by atoms with Crippen LogP contribution in [0.3, 0.4) is 0 Å². The summed E-state index contributed by atoms with van der Waals surface area (Å²) in [7, 11) is 0. The Bertz CT molecular complexity index is 673. The van der Waals surface area contributed by atoms with E-state index >= 15 is 0 Å². The van der Waals surface area contributed by atoms with Crippen LogP contribution in [-0.2, 0) is 0 Å². The molecule has 0 bridgehead atoms. The summed E-state index contributed by atoms with van der Waals surface area (Å²) >= 11 is 0. The number of hydrogen-bond acceptors (Lipinski definition) is 1. The minimum absolute atomic E-state index is 1.06. The van der Waals surface area contributed by atoms with Crippen LogP contribution in [0.2, 0.25) is 0 Å². The minimum atomic E-state index is 1.06. The molecule has 0 saturated carbocycles. The van der Waals surface area contributed by atoms with Crippen LogP contribution in [0.4, 0.5) is 0 Å². The number of aromatic nitrogens is 1. The number of pyridine rings is 1. The lowest BCUT2D eigenvalue weighted by molar-refractivity contribution is 1.27. The Kier molecular flexibility index (Phi) is 3.11. The van der Waals surface area contributed by atoms with Gasteiger partial charge >= 0.3 is 0 Å². The Labute approximate surface area is 113 Å². The number of hydrogen-bond donors (Lipinski definition) is 0. The first-order chi connectivity index (χ1) is 9.34. The van der Waals surface area contributed by atoms with E-state index in [1.54, 1.807) is 0 Å². The van der Waals surface area contributed by atoms with Crippen LogP contribution in [0.25, 0.3) is 22.4 Å². The van der Waals surface area contributed by atoms with Crippen molar-refractivity contribution < 1.29 is 0 Å². The van der Waals surface area contributed by atoms with Crippen LogP contribution in [0.5, 0.6) is 0 Å². The molecule has 0 fully saturated rings. The van der Waals surface area contributed by atoms with Gasteiger partial charge in [0.15, 0.2) is 0 Å². The number of aryl methyl sites for hydroxylation is 1. The highest BCUT2D eigenvalue weighted by Gasteiger charge is 2.05. The molecule has 0 aliphatic heterocycles. The molecule has 1 aromatic heterocycles. The average molecular weight is 245 g/mol. The lowest BCUT2D eigenvalue weighted by Crippen LogP contribution is -1.89. The zero-order valence-electron chi connectivity index (χ0n) is 10.9. The first-order valence-electron chi connectivity index (χ1n) is 6.42. The fourth-order valence-corrected chi connectivity index (χ4v) is 2.26. The number of nitrogens with zero attached hydrogens (tertiary/aromatic N) is 1. The first-order valence-corrected chi connectivity index (χ1v) is 6.42. The van der Waals surface area contributed by atoms with Crippen LogP contribution in [0, 0.1) is 6.92 Å². The summed E-state index contributed by atoms with van der Waals surface area (Å²) in [6.07, 6.45) is 1.95. The van der Waals surface area contributed by atoms with Gasteiger partial charge in [-0.3, -0.25) is 4.98 Å². The topological polar surface area (TPSA) is 12.9 Å². The molecular formula is C18H15N. The summed E-state index contributed by atoms with van der Waals surface area (Å²) in [5.41, 5.74) is 5.79. The monoisotopic (exact) mass is 245 g/mol. The second-order valence-electron chi connectivity index (χ2n) is 4.62. The molecule has 1 nitrogen and oxygen atoms in total. The number of benzene rings is 2. The van der Waals surface area contributed by atoms with Crippen molar-refractivity contribution in [2.75, 3.05) is 0 Å². The standard InChI is InChI=1S/C18H15N/c1-14-12-17(15-8-4-2-5-9-15)13-19-18(14)16-10-6-3-7-11-16/h2-13H,1H3. The second-order valence-corrected chi connectivity index (χ2v) is 4.62. The van der Waals surface area contributed by atoms with E-state index in [-0.39, 0.29) is 0 Å². The maximum atomic E-state index is 4.62. The molecule has 0 N–H and O–H groups in total. The van der Waals surface area contributed by atoms with Crippen LogP contribution in [0.1, 0.15) is 5.56 Å². The van der Waals surface area contributed by atoms with E-state index in [2.05, 4.69) is 54.4 Å². The summed E-state index contributed by atoms with van der Waals surface area (Å²) in [5.74, 6) is 0. The van der Waals surface area contributed by atoms with E-state index in [1.165, 1.54) is 16.7 Å². The zero-order chi connectivity index (χ0) is 13.1. The molecule has 0 atom stereocenters. The maximum absolute atomic E-state index is 4.62. The lowest BCUT2D eigenvalue weighted by atomic mass is 10.0. The van der Waals surface area contributed by atoms with Gasteiger partial charge < -0.3 is 0 Å². The van der Waals surface area contributed by atoms with Crippen LogP contribution in [-0.4, -0.2) is 4.98 Å². The van der Waals surface area contributed by atoms with Gasteiger partial charge in [-0.05, 0) is 24.1 Å². The molecule has 0 unspecified atom stereocenters. The third kappa shape index (κ3) is 2.41. The van der Waals surface area contributed by atoms with E-state index in [4.69, 9.17) is 0 Å². The van der Waals surface area contributed by atoms with Crippen molar-refractivity contribution in [2.45, 2.75) is 6.92 Å². The predicted octanol–water partition coefficient (Wildman–Crippen LogP) is 4.72. The SMILES string of the molecule is Cc1cc(-c2ccccc2)cnc1-c1ccccc1. The smallest absolute Gasteiger partial charge is 0.0731 e. The van der Waals surface area contributed by atoms with Gasteiger partial charge in [-0.1, -0.05) is 60.7 Å². The highest BCUT2D eigenvalue weighted by atomic mass is 14.7. The van der Waals surface area contributed by atoms with Gasteiger partial charge in [0.25, 0.3) is 0 Å². The molecule has 19 heavy (non-hydrogen) atoms. The molecule has 92 valence electrons. The van der Waals surface area contributed by atoms with Crippen molar-refractivity contribution in [1.29, 1.82) is 0 Å². The van der Waals surface area contributed by atoms with E-state index in [1.807, 2.05) is 30.5 Å². The van der Waals surface area contributed by atoms with Gasteiger partial charge in [-0.2, -0.15) is 0 Å². The molecule has 0 amide bonds. The molecule has 2 aromatic carbocycles. The average Bonchev–Trinajstić information content (AvgIpc) is 2.49. The normalized spacial score (nSPS) is 10.4. The fraction of sp³-hybridized carbons (Fsp3) is 0.0556. The van der Waals surface area contributed by atoms with Crippen molar-refractivity contribution in [3.63, 3.8) is 0 Å². The summed E-state index contributed by atoms with van der Waals surface area (Å²) < 4.78 is 0. The van der Waals surface area contributed by atoms with Crippen LogP contribution < -0.4 is 0 Å². The molecule has 0 aliphatic rings. The maximum Gasteiger partial charge on any atom is 0.0731 e. The van der Waals surface area contributed by atoms with Gasteiger partial charge in [0.05, 0.1) is 5.69 Å². The van der Waals surface area contributed by atoms with E-state index in [9.17, 15) is 0 Å². The second kappa shape index (κ2) is 5.07. The van der Waals surface area contributed by atoms with E-state index < -0.39 is 0 Å². The van der Waals surface area contributed by atoms with Crippen molar-refractivity contribution in [1.82, 2.24) is 4.98 Å². The molecule has 0 radical (unpaired) electrons. The fourth-order valence-electron chi connectivity index (χ4n) is 2.26. The first kappa shape index (κ1) is 11.7. The van der Waals surface area contributed by atoms with E-state index in [0.717, 1.165) is 11.3 Å². The van der Waals surface area contributed by atoms with Gasteiger partial charge in [-0.15, -0.1) is 0 Å². The third-order valence-corrected chi connectivity index (χ3v) is 3.23. The Morgan fingerprint density at radius 2 is 1.26 bits per heavy atom. The molecule has 3 rings (SSSR count). The molecule has 3 aromatic rings. The summed E-state index contributed by atoms with van der Waals surface area (Å²) in [4.78, 5) is 4.62. The molecule has 1 heterocycles. The van der Waals surface area contributed by atoms with E-state index in [0.29, 0.717) is 0 Å². The van der Waals surface area contributed by atoms with Gasteiger partial charge in [0.2, 0.25) is 0 Å². The van der Waals surface area contributed by atoms with Crippen molar-refractivity contribution >= 4 is 0 Å². The molecule has 0 spiro atoms. The Morgan fingerprint density at radius 1 is 0.684 bits per heavy atom. The summed E-state index contributed by atoms with van der Waals surface area (Å²) in [6.45, 7) is 2.11. The van der Waals surface area contributed by atoms with Gasteiger partial charge in [0, 0.05) is 17.3 Å².